The van der Waals surface area contributed by atoms with Crippen molar-refractivity contribution in [3.8, 4) is 0 Å². The molecule has 0 radical (unpaired) electrons. The van der Waals surface area contributed by atoms with Gasteiger partial charge in [0.05, 0.1) is 12.2 Å². The van der Waals surface area contributed by atoms with E-state index in [1.807, 2.05) is 43.3 Å². The quantitative estimate of drug-likeness (QED) is 0.809. The summed E-state index contributed by atoms with van der Waals surface area (Å²) in [5.41, 5.74) is 1.33. The first-order chi connectivity index (χ1) is 10.4. The molecule has 3 nitrogen and oxygen atoms in total. The Balaban J connectivity index is 2.00. The molecule has 1 saturated heterocycles. The predicted molar refractivity (Wildman–Crippen MR) is 84.8 cm³/mol. The molecule has 2 aliphatic rings. The van der Waals surface area contributed by atoms with E-state index in [9.17, 15) is 9.90 Å². The first-order valence-corrected chi connectivity index (χ1v) is 7.82. The lowest BCUT2D eigenvalue weighted by Crippen LogP contribution is -2.44. The zero-order valence-electron chi connectivity index (χ0n) is 13.0. The van der Waals surface area contributed by atoms with Crippen LogP contribution in [0.1, 0.15) is 42.8 Å². The maximum absolute atomic E-state index is 12.9. The maximum atomic E-state index is 12.9. The lowest BCUT2D eigenvalue weighted by Gasteiger charge is -2.37. The van der Waals surface area contributed by atoms with E-state index in [1.165, 1.54) is 0 Å². The average Bonchev–Trinajstić information content (AvgIpc) is 2.74. The second-order valence-electron chi connectivity index (χ2n) is 7.11. The van der Waals surface area contributed by atoms with Crippen LogP contribution in [0.25, 0.3) is 10.8 Å². The number of aliphatic hydroxyl groups excluding tert-OH is 1. The Hall–Kier alpha value is -1.71. The van der Waals surface area contributed by atoms with Gasteiger partial charge in [0.1, 0.15) is 6.10 Å². The van der Waals surface area contributed by atoms with Crippen molar-refractivity contribution < 1.29 is 14.6 Å². The van der Waals surface area contributed by atoms with Crippen LogP contribution in [0.15, 0.2) is 36.4 Å². The number of hydrogen-bond donors (Lipinski definition) is 1. The van der Waals surface area contributed by atoms with Crippen molar-refractivity contribution in [2.75, 3.05) is 0 Å². The van der Waals surface area contributed by atoms with Crippen LogP contribution in [-0.2, 0) is 4.74 Å². The van der Waals surface area contributed by atoms with Crippen molar-refractivity contribution in [3.63, 3.8) is 0 Å². The van der Waals surface area contributed by atoms with Crippen LogP contribution in [-0.4, -0.2) is 23.1 Å². The molecule has 2 aromatic carbocycles. The minimum Gasteiger partial charge on any atom is -0.384 e. The SMILES string of the molecule is CC1OC2c3ccc4ccccc4c3C(=O)C(O)C2C1(C)C. The Morgan fingerprint density at radius 3 is 2.64 bits per heavy atom. The van der Waals surface area contributed by atoms with E-state index in [0.717, 1.165) is 16.3 Å². The molecule has 0 spiro atoms. The highest BCUT2D eigenvalue weighted by Gasteiger charge is 2.56. The summed E-state index contributed by atoms with van der Waals surface area (Å²) in [6, 6.07) is 11.9. The van der Waals surface area contributed by atoms with Gasteiger partial charge in [0.15, 0.2) is 5.78 Å². The highest BCUT2D eigenvalue weighted by Crippen LogP contribution is 2.55. The summed E-state index contributed by atoms with van der Waals surface area (Å²) in [5, 5.41) is 12.6. The zero-order valence-corrected chi connectivity index (χ0v) is 13.0. The molecule has 1 aliphatic heterocycles. The van der Waals surface area contributed by atoms with Crippen molar-refractivity contribution >= 4 is 16.6 Å². The van der Waals surface area contributed by atoms with Gasteiger partial charge >= 0.3 is 0 Å². The van der Waals surface area contributed by atoms with Crippen molar-refractivity contribution in [1.82, 2.24) is 0 Å². The van der Waals surface area contributed by atoms with E-state index < -0.39 is 6.10 Å². The molecular formula is C19H20O3. The minimum absolute atomic E-state index is 0.00219. The number of ether oxygens (including phenoxy) is 1. The predicted octanol–water partition coefficient (Wildman–Crippen LogP) is 3.50. The van der Waals surface area contributed by atoms with Crippen LogP contribution >= 0.6 is 0 Å². The Morgan fingerprint density at radius 2 is 1.86 bits per heavy atom. The molecule has 1 N–H and O–H groups in total. The molecule has 1 heterocycles. The van der Waals surface area contributed by atoms with E-state index >= 15 is 0 Å². The molecule has 4 atom stereocenters. The first-order valence-electron chi connectivity index (χ1n) is 7.82. The number of fused-ring (bicyclic) bond motifs is 5. The van der Waals surface area contributed by atoms with Crippen molar-refractivity contribution in [1.29, 1.82) is 0 Å². The van der Waals surface area contributed by atoms with E-state index in [0.29, 0.717) is 5.56 Å². The summed E-state index contributed by atoms with van der Waals surface area (Å²) in [5.74, 6) is -0.359. The van der Waals surface area contributed by atoms with E-state index in [-0.39, 0.29) is 29.3 Å². The number of ketones is 1. The molecule has 2 aromatic rings. The third kappa shape index (κ3) is 1.61. The number of Topliss-reactive ketones (excluding diaryl/α,β-unsaturated/α-hetero) is 1. The fraction of sp³-hybridized carbons (Fsp3) is 0.421. The summed E-state index contributed by atoms with van der Waals surface area (Å²) in [4.78, 5) is 12.9. The summed E-state index contributed by atoms with van der Waals surface area (Å²) in [6.07, 6.45) is -1.21. The van der Waals surface area contributed by atoms with Gasteiger partial charge < -0.3 is 9.84 Å². The van der Waals surface area contributed by atoms with Crippen LogP contribution in [0.5, 0.6) is 0 Å². The van der Waals surface area contributed by atoms with E-state index in [1.54, 1.807) is 0 Å². The number of aliphatic hydroxyl groups is 1. The number of benzene rings is 2. The van der Waals surface area contributed by atoms with Gasteiger partial charge in [0, 0.05) is 11.5 Å². The normalized spacial score (nSPS) is 32.8. The topological polar surface area (TPSA) is 46.5 Å². The zero-order chi connectivity index (χ0) is 15.6. The van der Waals surface area contributed by atoms with Crippen LogP contribution in [0.4, 0.5) is 0 Å². The molecule has 3 heteroatoms. The third-order valence-electron chi connectivity index (χ3n) is 5.71. The van der Waals surface area contributed by atoms with E-state index in [2.05, 4.69) is 13.8 Å². The van der Waals surface area contributed by atoms with Gasteiger partial charge in [-0.25, -0.2) is 0 Å². The number of hydrogen-bond acceptors (Lipinski definition) is 3. The maximum Gasteiger partial charge on any atom is 0.192 e. The Labute approximate surface area is 129 Å². The van der Waals surface area contributed by atoms with Gasteiger partial charge in [-0.3, -0.25) is 4.79 Å². The van der Waals surface area contributed by atoms with E-state index in [4.69, 9.17) is 4.74 Å². The molecule has 0 aromatic heterocycles. The number of carbonyl (C=O) groups is 1. The number of carbonyl (C=O) groups excluding carboxylic acids is 1. The third-order valence-corrected chi connectivity index (χ3v) is 5.71. The second kappa shape index (κ2) is 4.40. The molecule has 4 unspecified atom stereocenters. The Morgan fingerprint density at radius 1 is 1.14 bits per heavy atom. The molecule has 1 fully saturated rings. The molecule has 0 amide bonds. The summed E-state index contributed by atoms with van der Waals surface area (Å²) >= 11 is 0. The molecule has 114 valence electrons. The second-order valence-corrected chi connectivity index (χ2v) is 7.11. The minimum atomic E-state index is -0.997. The molecule has 22 heavy (non-hydrogen) atoms. The molecule has 0 bridgehead atoms. The largest absolute Gasteiger partial charge is 0.384 e. The van der Waals surface area contributed by atoms with Gasteiger partial charge in [-0.2, -0.15) is 0 Å². The number of rotatable bonds is 0. The van der Waals surface area contributed by atoms with Gasteiger partial charge in [-0.1, -0.05) is 50.2 Å². The molecule has 0 saturated carbocycles. The lowest BCUT2D eigenvalue weighted by molar-refractivity contribution is 0.00603. The molecule has 4 rings (SSSR count). The van der Waals surface area contributed by atoms with Gasteiger partial charge in [-0.15, -0.1) is 0 Å². The Kier molecular flexibility index (Phi) is 2.78. The average molecular weight is 296 g/mol. The van der Waals surface area contributed by atoms with Gasteiger partial charge in [-0.05, 0) is 28.7 Å². The summed E-state index contributed by atoms with van der Waals surface area (Å²) in [7, 11) is 0. The fourth-order valence-corrected chi connectivity index (χ4v) is 4.09. The van der Waals surface area contributed by atoms with Crippen LogP contribution in [0.2, 0.25) is 0 Å². The van der Waals surface area contributed by atoms with Crippen LogP contribution in [0.3, 0.4) is 0 Å². The lowest BCUT2D eigenvalue weighted by atomic mass is 9.66. The highest BCUT2D eigenvalue weighted by atomic mass is 16.5. The van der Waals surface area contributed by atoms with Crippen LogP contribution in [0, 0.1) is 11.3 Å². The van der Waals surface area contributed by atoms with Crippen molar-refractivity contribution in [2.45, 2.75) is 39.1 Å². The Bertz CT molecular complexity index is 777. The van der Waals surface area contributed by atoms with Crippen molar-refractivity contribution in [2.24, 2.45) is 11.3 Å². The van der Waals surface area contributed by atoms with Gasteiger partial charge in [0.25, 0.3) is 0 Å². The van der Waals surface area contributed by atoms with Crippen molar-refractivity contribution in [3.05, 3.63) is 47.5 Å². The first kappa shape index (κ1) is 13.9. The molecule has 1 aliphatic carbocycles. The standard InChI is InChI=1S/C19H20O3/c1-10-19(2,3)15-17(21)16(20)14-12-7-5-4-6-11(12)8-9-13(14)18(15)22-10/h4-10,15,17-18,21H,1-3H3. The molecular weight excluding hydrogens is 276 g/mol. The van der Waals surface area contributed by atoms with Crippen LogP contribution < -0.4 is 0 Å². The monoisotopic (exact) mass is 296 g/mol. The van der Waals surface area contributed by atoms with Gasteiger partial charge in [0.2, 0.25) is 0 Å². The summed E-state index contributed by atoms with van der Waals surface area (Å²) in [6.45, 7) is 6.17. The highest BCUT2D eigenvalue weighted by molar-refractivity contribution is 6.12. The smallest absolute Gasteiger partial charge is 0.192 e. The fourth-order valence-electron chi connectivity index (χ4n) is 4.09. The summed E-state index contributed by atoms with van der Waals surface area (Å²) < 4.78 is 6.16.